The molecule has 1 aliphatic carbocycles. The van der Waals surface area contributed by atoms with E-state index in [9.17, 15) is 4.57 Å². The molecule has 27 heavy (non-hydrogen) atoms. The zero-order chi connectivity index (χ0) is 19.4. The van der Waals surface area contributed by atoms with E-state index < -0.39 is 7.52 Å². The second-order valence-electron chi connectivity index (χ2n) is 8.81. The smallest absolute Gasteiger partial charge is 0.302 e. The van der Waals surface area contributed by atoms with Crippen LogP contribution in [0.4, 0.5) is 0 Å². The van der Waals surface area contributed by atoms with E-state index in [1.807, 2.05) is 36.4 Å². The number of hydrogen-bond donors (Lipinski definition) is 0. The minimum Gasteiger partial charge on any atom is -0.310 e. The molecule has 0 bridgehead atoms. The Balaban J connectivity index is 1.95. The van der Waals surface area contributed by atoms with Crippen LogP contribution in [-0.2, 0) is 9.09 Å². The monoisotopic (exact) mass is 389 g/mol. The molecule has 1 aromatic rings. The molecule has 5 atom stereocenters. The molecule has 0 aromatic heterocycles. The summed E-state index contributed by atoms with van der Waals surface area (Å²) in [6.45, 7) is 11.6. The second-order valence-corrected chi connectivity index (χ2v) is 11.1. The Labute approximate surface area is 165 Å². The van der Waals surface area contributed by atoms with Gasteiger partial charge in [0.2, 0.25) is 0 Å². The standard InChI is InChI=1S/C23H36NO2P/c1-5-10-20-11-9-16-24(20)27(25,21-12-7-6-8-13-21)26-23-17-19(4)14-15-22(23)18(2)3/h5-8,12-13,18-20,22-23H,1,9-11,14-17H2,2-4H3/t19-,20?,22-,23+,27?/m0/s1. The Kier molecular flexibility index (Phi) is 7.00. The largest absolute Gasteiger partial charge is 0.310 e. The van der Waals surface area contributed by atoms with Crippen molar-refractivity contribution < 1.29 is 9.09 Å². The quantitative estimate of drug-likeness (QED) is 0.422. The average molecular weight is 390 g/mol. The van der Waals surface area contributed by atoms with Gasteiger partial charge in [-0.05, 0) is 62.0 Å². The second kappa shape index (κ2) is 9.07. The van der Waals surface area contributed by atoms with Crippen molar-refractivity contribution in [3.05, 3.63) is 43.0 Å². The van der Waals surface area contributed by atoms with Crippen LogP contribution >= 0.6 is 7.52 Å². The van der Waals surface area contributed by atoms with Gasteiger partial charge in [0.05, 0.1) is 11.4 Å². The molecule has 0 amide bonds. The fraction of sp³-hybridized carbons (Fsp3) is 0.652. The van der Waals surface area contributed by atoms with Gasteiger partial charge in [0.1, 0.15) is 0 Å². The molecule has 1 heterocycles. The van der Waals surface area contributed by atoms with Crippen LogP contribution in [0.5, 0.6) is 0 Å². The van der Waals surface area contributed by atoms with Gasteiger partial charge < -0.3 is 4.52 Å². The van der Waals surface area contributed by atoms with Gasteiger partial charge in [-0.3, -0.25) is 4.57 Å². The third kappa shape index (κ3) is 4.58. The normalized spacial score (nSPS) is 31.7. The molecule has 1 aromatic carbocycles. The summed E-state index contributed by atoms with van der Waals surface area (Å²) in [7, 11) is -3.09. The highest BCUT2D eigenvalue weighted by Crippen LogP contribution is 2.57. The third-order valence-corrected chi connectivity index (χ3v) is 9.16. The van der Waals surface area contributed by atoms with E-state index in [4.69, 9.17) is 4.52 Å². The van der Waals surface area contributed by atoms with E-state index in [-0.39, 0.29) is 12.1 Å². The first-order valence-corrected chi connectivity index (χ1v) is 12.3. The maximum Gasteiger partial charge on any atom is 0.302 e. The molecule has 2 fully saturated rings. The van der Waals surface area contributed by atoms with E-state index in [0.29, 0.717) is 17.8 Å². The lowest BCUT2D eigenvalue weighted by Crippen LogP contribution is -2.39. The van der Waals surface area contributed by atoms with Crippen molar-refractivity contribution >= 4 is 12.8 Å². The van der Waals surface area contributed by atoms with Crippen LogP contribution in [0.15, 0.2) is 43.0 Å². The molecule has 1 saturated carbocycles. The maximum absolute atomic E-state index is 14.5. The van der Waals surface area contributed by atoms with Crippen molar-refractivity contribution in [3.8, 4) is 0 Å². The fourth-order valence-electron chi connectivity index (χ4n) is 4.90. The number of hydrogen-bond acceptors (Lipinski definition) is 2. The molecular formula is C23H36NO2P. The molecule has 2 aliphatic rings. The predicted molar refractivity (Wildman–Crippen MR) is 114 cm³/mol. The lowest BCUT2D eigenvalue weighted by atomic mass is 9.75. The zero-order valence-electron chi connectivity index (χ0n) is 17.2. The van der Waals surface area contributed by atoms with Gasteiger partial charge in [-0.1, -0.05) is 51.5 Å². The fourth-order valence-corrected chi connectivity index (χ4v) is 7.65. The van der Waals surface area contributed by atoms with Crippen LogP contribution in [-0.4, -0.2) is 23.4 Å². The highest BCUT2D eigenvalue weighted by Gasteiger charge is 2.45. The van der Waals surface area contributed by atoms with E-state index >= 15 is 0 Å². The molecule has 1 aliphatic heterocycles. The molecule has 0 radical (unpaired) electrons. The summed E-state index contributed by atoms with van der Waals surface area (Å²) in [6, 6.07) is 10.2. The number of rotatable bonds is 7. The Bertz CT molecular complexity index is 660. The van der Waals surface area contributed by atoms with Gasteiger partial charge >= 0.3 is 7.52 Å². The van der Waals surface area contributed by atoms with Crippen molar-refractivity contribution in [3.63, 3.8) is 0 Å². The van der Waals surface area contributed by atoms with Gasteiger partial charge in [0, 0.05) is 12.6 Å². The molecule has 3 nitrogen and oxygen atoms in total. The van der Waals surface area contributed by atoms with E-state index in [0.717, 1.165) is 37.5 Å². The molecular weight excluding hydrogens is 353 g/mol. The van der Waals surface area contributed by atoms with Crippen molar-refractivity contribution in [1.82, 2.24) is 4.67 Å². The summed E-state index contributed by atoms with van der Waals surface area (Å²) in [6.07, 6.45) is 8.49. The Morgan fingerprint density at radius 1 is 1.26 bits per heavy atom. The van der Waals surface area contributed by atoms with E-state index in [2.05, 4.69) is 32.0 Å². The van der Waals surface area contributed by atoms with Crippen molar-refractivity contribution in [2.24, 2.45) is 17.8 Å². The van der Waals surface area contributed by atoms with Crippen molar-refractivity contribution in [1.29, 1.82) is 0 Å². The van der Waals surface area contributed by atoms with Gasteiger partial charge in [-0.25, -0.2) is 4.67 Å². The first-order chi connectivity index (χ1) is 13.0. The molecule has 0 N–H and O–H groups in total. The molecule has 0 spiro atoms. The Morgan fingerprint density at radius 3 is 2.67 bits per heavy atom. The maximum atomic E-state index is 14.5. The number of benzene rings is 1. The molecule has 2 unspecified atom stereocenters. The summed E-state index contributed by atoms with van der Waals surface area (Å²) in [5.41, 5.74) is 0. The molecule has 150 valence electrons. The first kappa shape index (κ1) is 20.8. The van der Waals surface area contributed by atoms with E-state index in [1.165, 1.54) is 12.8 Å². The zero-order valence-corrected chi connectivity index (χ0v) is 18.1. The van der Waals surface area contributed by atoms with Crippen LogP contribution in [0.1, 0.15) is 59.3 Å². The highest BCUT2D eigenvalue weighted by molar-refractivity contribution is 7.64. The van der Waals surface area contributed by atoms with Crippen LogP contribution in [0.25, 0.3) is 0 Å². The SMILES string of the molecule is C=CCC1CCCN1P(=O)(O[C@@H]1C[C@@H](C)CC[C@H]1C(C)C)c1ccccc1. The molecule has 3 rings (SSSR count). The van der Waals surface area contributed by atoms with Crippen molar-refractivity contribution in [2.75, 3.05) is 6.54 Å². The van der Waals surface area contributed by atoms with Crippen molar-refractivity contribution in [2.45, 2.75) is 71.4 Å². The summed E-state index contributed by atoms with van der Waals surface area (Å²) in [5.74, 6) is 1.67. The Morgan fingerprint density at radius 2 is 2.00 bits per heavy atom. The lowest BCUT2D eigenvalue weighted by Gasteiger charge is -2.41. The summed E-state index contributed by atoms with van der Waals surface area (Å²) in [5, 5.41) is 0.849. The first-order valence-electron chi connectivity index (χ1n) is 10.7. The summed E-state index contributed by atoms with van der Waals surface area (Å²) < 4.78 is 23.4. The Hall–Kier alpha value is -0.890. The van der Waals surface area contributed by atoms with Crippen LogP contribution in [0.2, 0.25) is 0 Å². The topological polar surface area (TPSA) is 29.5 Å². The lowest BCUT2D eigenvalue weighted by molar-refractivity contribution is 0.0418. The predicted octanol–water partition coefficient (Wildman–Crippen LogP) is 6.02. The van der Waals surface area contributed by atoms with E-state index in [1.54, 1.807) is 0 Å². The summed E-state index contributed by atoms with van der Waals surface area (Å²) in [4.78, 5) is 0. The molecule has 4 heteroatoms. The van der Waals surface area contributed by atoms with Gasteiger partial charge in [-0.15, -0.1) is 6.58 Å². The van der Waals surface area contributed by atoms with Crippen LogP contribution in [0, 0.1) is 17.8 Å². The average Bonchev–Trinajstić information content (AvgIpc) is 3.11. The minimum absolute atomic E-state index is 0.0739. The summed E-state index contributed by atoms with van der Waals surface area (Å²) >= 11 is 0. The number of nitrogens with zero attached hydrogens (tertiary/aromatic N) is 1. The van der Waals surface area contributed by atoms with Gasteiger partial charge in [-0.2, -0.15) is 0 Å². The van der Waals surface area contributed by atoms with Gasteiger partial charge in [0.15, 0.2) is 0 Å². The minimum atomic E-state index is -3.09. The third-order valence-electron chi connectivity index (χ3n) is 6.45. The van der Waals surface area contributed by atoms with Gasteiger partial charge in [0.25, 0.3) is 0 Å². The highest BCUT2D eigenvalue weighted by atomic mass is 31.2. The van der Waals surface area contributed by atoms with Crippen LogP contribution < -0.4 is 5.30 Å². The molecule has 1 saturated heterocycles. The van der Waals surface area contributed by atoms with Crippen LogP contribution in [0.3, 0.4) is 0 Å².